The number of quaternary nitrogens is 1. The first-order valence-electron chi connectivity index (χ1n) is 3.46. The van der Waals surface area contributed by atoms with Gasteiger partial charge in [0.15, 0.2) is 6.34 Å². The average molecular weight is 173 g/mol. The highest BCUT2D eigenvalue weighted by Gasteiger charge is 2.04. The van der Waals surface area contributed by atoms with E-state index in [1.165, 1.54) is 4.90 Å². The Morgan fingerprint density at radius 2 is 2.17 bits per heavy atom. The van der Waals surface area contributed by atoms with Gasteiger partial charge in [-0.2, -0.15) is 0 Å². The molecule has 1 aliphatic rings. The van der Waals surface area contributed by atoms with Crippen LogP contribution >= 0.6 is 0 Å². The molecule has 1 unspecified atom stereocenters. The Morgan fingerprint density at radius 1 is 1.67 bits per heavy atom. The zero-order valence-electron chi connectivity index (χ0n) is 6.98. The SMILES string of the molecule is CC[NH+]1C=NC(C)=C1.O=[N+]([O-])[O-]. The molecule has 0 aromatic heterocycles. The lowest BCUT2D eigenvalue weighted by Gasteiger charge is -1.96. The van der Waals surface area contributed by atoms with E-state index in [0.29, 0.717) is 0 Å². The molecule has 12 heavy (non-hydrogen) atoms. The predicted molar refractivity (Wildman–Crippen MR) is 44.1 cm³/mol. The molecule has 1 rings (SSSR count). The van der Waals surface area contributed by atoms with Crippen LogP contribution in [0.4, 0.5) is 0 Å². The van der Waals surface area contributed by atoms with Gasteiger partial charge >= 0.3 is 0 Å². The van der Waals surface area contributed by atoms with Crippen LogP contribution in [0.5, 0.6) is 0 Å². The first-order valence-corrected chi connectivity index (χ1v) is 3.46. The second-order valence-corrected chi connectivity index (χ2v) is 2.20. The Bertz CT molecular complexity index is 208. The first kappa shape index (κ1) is 10.6. The van der Waals surface area contributed by atoms with Crippen molar-refractivity contribution in [3.8, 4) is 0 Å². The predicted octanol–water partition coefficient (Wildman–Crippen LogP) is -0.445. The van der Waals surface area contributed by atoms with Crippen LogP contribution in [-0.4, -0.2) is 18.0 Å². The summed E-state index contributed by atoms with van der Waals surface area (Å²) in [5.41, 5.74) is 1.13. The van der Waals surface area contributed by atoms with Gasteiger partial charge in [0.1, 0.15) is 6.20 Å². The highest BCUT2D eigenvalue weighted by atomic mass is 16.9. The van der Waals surface area contributed by atoms with E-state index in [4.69, 9.17) is 15.3 Å². The van der Waals surface area contributed by atoms with Crippen molar-refractivity contribution in [2.75, 3.05) is 6.54 Å². The molecular formula is C6H11N3O3. The van der Waals surface area contributed by atoms with Crippen LogP contribution in [0.3, 0.4) is 0 Å². The third-order valence-corrected chi connectivity index (χ3v) is 1.24. The molecule has 0 spiro atoms. The molecule has 0 amide bonds. The highest BCUT2D eigenvalue weighted by Crippen LogP contribution is 1.89. The van der Waals surface area contributed by atoms with E-state index in [-0.39, 0.29) is 0 Å². The maximum Gasteiger partial charge on any atom is 0.193 e. The Balaban J connectivity index is 0.000000261. The van der Waals surface area contributed by atoms with Crippen molar-refractivity contribution in [3.63, 3.8) is 0 Å². The maximum atomic E-state index is 8.25. The smallest absolute Gasteiger partial charge is 0.193 e. The monoisotopic (exact) mass is 173 g/mol. The molecule has 0 aromatic carbocycles. The second kappa shape index (κ2) is 5.25. The van der Waals surface area contributed by atoms with Gasteiger partial charge in [-0.1, -0.05) is 0 Å². The maximum absolute atomic E-state index is 8.25. The Hall–Kier alpha value is -1.43. The summed E-state index contributed by atoms with van der Waals surface area (Å²) in [5, 5.41) is 14.8. The number of nitrogens with zero attached hydrogens (tertiary/aromatic N) is 2. The van der Waals surface area contributed by atoms with Crippen LogP contribution in [0.25, 0.3) is 0 Å². The van der Waals surface area contributed by atoms with E-state index < -0.39 is 5.09 Å². The van der Waals surface area contributed by atoms with Gasteiger partial charge in [0.2, 0.25) is 0 Å². The average Bonchev–Trinajstić information content (AvgIpc) is 2.34. The van der Waals surface area contributed by atoms with Crippen molar-refractivity contribution in [3.05, 3.63) is 27.2 Å². The summed E-state index contributed by atoms with van der Waals surface area (Å²) in [5.74, 6) is 0. The van der Waals surface area contributed by atoms with E-state index in [1.54, 1.807) is 0 Å². The molecule has 0 saturated heterocycles. The summed E-state index contributed by atoms with van der Waals surface area (Å²) in [4.78, 5) is 13.7. The van der Waals surface area contributed by atoms with Gasteiger partial charge in [-0.15, -0.1) is 0 Å². The van der Waals surface area contributed by atoms with Gasteiger partial charge in [0, 0.05) is 0 Å². The molecule has 0 saturated carbocycles. The minimum Gasteiger partial charge on any atom is -0.356 e. The van der Waals surface area contributed by atoms with E-state index in [2.05, 4.69) is 18.1 Å². The number of aliphatic imine (C=N–C) groups is 1. The molecule has 0 radical (unpaired) electrons. The number of hydrogen-bond acceptors (Lipinski definition) is 4. The molecule has 0 aromatic rings. The van der Waals surface area contributed by atoms with Crippen LogP contribution < -0.4 is 4.90 Å². The summed E-state index contributed by atoms with van der Waals surface area (Å²) in [7, 11) is 0. The van der Waals surface area contributed by atoms with Crippen LogP contribution in [0.2, 0.25) is 0 Å². The standard InChI is InChI=1S/C6H10N2.NO3/c1-3-8-4-6(2)7-5-8;2-1(3)4/h4-5H,3H2,1-2H3;/q;-1/p+1. The first-order chi connectivity index (χ1) is 5.56. The van der Waals surface area contributed by atoms with E-state index in [9.17, 15) is 0 Å². The minimum atomic E-state index is -1.75. The molecule has 6 nitrogen and oxygen atoms in total. The van der Waals surface area contributed by atoms with Crippen LogP contribution in [0, 0.1) is 15.3 Å². The summed E-state index contributed by atoms with van der Waals surface area (Å²) < 4.78 is 0. The molecule has 6 heteroatoms. The fourth-order valence-corrected chi connectivity index (χ4v) is 0.721. The highest BCUT2D eigenvalue weighted by molar-refractivity contribution is 5.49. The normalized spacial score (nSPS) is 19.5. The van der Waals surface area contributed by atoms with Gasteiger partial charge in [-0.3, -0.25) is 4.90 Å². The Labute approximate surface area is 69.9 Å². The third-order valence-electron chi connectivity index (χ3n) is 1.24. The van der Waals surface area contributed by atoms with Crippen LogP contribution in [-0.2, 0) is 0 Å². The molecule has 68 valence electrons. The lowest BCUT2D eigenvalue weighted by molar-refractivity contribution is -0.733. The van der Waals surface area contributed by atoms with E-state index >= 15 is 0 Å². The van der Waals surface area contributed by atoms with Crippen LogP contribution in [0.1, 0.15) is 13.8 Å². The van der Waals surface area contributed by atoms with Gasteiger partial charge in [0.25, 0.3) is 0 Å². The Morgan fingerprint density at radius 3 is 2.33 bits per heavy atom. The number of allylic oxidation sites excluding steroid dienone is 1. The molecule has 1 aliphatic heterocycles. The lowest BCUT2D eigenvalue weighted by atomic mass is 10.5. The zero-order valence-corrected chi connectivity index (χ0v) is 6.98. The third kappa shape index (κ3) is 5.36. The van der Waals surface area contributed by atoms with Crippen molar-refractivity contribution in [1.82, 2.24) is 0 Å². The summed E-state index contributed by atoms with van der Waals surface area (Å²) in [6.45, 7) is 5.25. The fourth-order valence-electron chi connectivity index (χ4n) is 0.721. The molecule has 1 N–H and O–H groups in total. The molecule has 0 fully saturated rings. The van der Waals surface area contributed by atoms with Crippen molar-refractivity contribution >= 4 is 6.34 Å². The number of nitrogens with one attached hydrogen (secondary N) is 1. The summed E-state index contributed by atoms with van der Waals surface area (Å²) in [6, 6.07) is 0. The second-order valence-electron chi connectivity index (χ2n) is 2.20. The van der Waals surface area contributed by atoms with E-state index in [0.717, 1.165) is 12.2 Å². The summed E-state index contributed by atoms with van der Waals surface area (Å²) >= 11 is 0. The number of rotatable bonds is 1. The largest absolute Gasteiger partial charge is 0.356 e. The molecular weight excluding hydrogens is 162 g/mol. The van der Waals surface area contributed by atoms with Crippen molar-refractivity contribution in [2.24, 2.45) is 4.99 Å². The fraction of sp³-hybridized carbons (Fsp3) is 0.500. The van der Waals surface area contributed by atoms with Gasteiger partial charge in [0.05, 0.1) is 17.3 Å². The Kier molecular flexibility index (Phi) is 4.62. The van der Waals surface area contributed by atoms with Crippen molar-refractivity contribution in [1.29, 1.82) is 0 Å². The topological polar surface area (TPSA) is 83.0 Å². The quantitative estimate of drug-likeness (QED) is 0.430. The van der Waals surface area contributed by atoms with Crippen molar-refractivity contribution in [2.45, 2.75) is 13.8 Å². The van der Waals surface area contributed by atoms with Gasteiger partial charge in [-0.25, -0.2) is 4.99 Å². The van der Waals surface area contributed by atoms with Gasteiger partial charge < -0.3 is 15.3 Å². The lowest BCUT2D eigenvalue weighted by Crippen LogP contribution is -3.05. The van der Waals surface area contributed by atoms with Crippen molar-refractivity contribution < 1.29 is 9.99 Å². The molecule has 0 bridgehead atoms. The number of hydrogen-bond donors (Lipinski definition) is 1. The zero-order chi connectivity index (χ0) is 9.56. The summed E-state index contributed by atoms with van der Waals surface area (Å²) in [6.07, 6.45) is 4.04. The molecule has 0 aliphatic carbocycles. The van der Waals surface area contributed by atoms with E-state index in [1.807, 2.05) is 13.3 Å². The molecule has 1 atom stereocenters. The van der Waals surface area contributed by atoms with Gasteiger partial charge in [-0.05, 0) is 13.8 Å². The van der Waals surface area contributed by atoms with Crippen LogP contribution in [0.15, 0.2) is 16.9 Å². The minimum absolute atomic E-state index is 1.10. The molecule has 1 heterocycles.